The lowest BCUT2D eigenvalue weighted by atomic mass is 10.1. The molecule has 1 aliphatic heterocycles. The molecule has 9 nitrogen and oxygen atoms in total. The molecule has 9 heteroatoms. The number of para-hydroxylation sites is 1. The molecule has 0 saturated carbocycles. The number of aromatic nitrogens is 1. The molecule has 4 amide bonds. The number of methoxy groups -OCH3 is 1. The van der Waals surface area contributed by atoms with Gasteiger partial charge in [-0.2, -0.15) is 0 Å². The fourth-order valence-corrected chi connectivity index (χ4v) is 4.31. The van der Waals surface area contributed by atoms with Gasteiger partial charge in [-0.15, -0.1) is 0 Å². The lowest BCUT2D eigenvalue weighted by molar-refractivity contribution is 0.202. The van der Waals surface area contributed by atoms with Crippen LogP contribution in [-0.4, -0.2) is 73.2 Å². The second kappa shape index (κ2) is 11.1. The molecule has 4 rings (SSSR count). The van der Waals surface area contributed by atoms with Gasteiger partial charge in [0.25, 0.3) is 0 Å². The number of ether oxygens (including phenoxy) is 1. The van der Waals surface area contributed by atoms with Gasteiger partial charge in [-0.05, 0) is 37.6 Å². The molecule has 1 aromatic heterocycles. The summed E-state index contributed by atoms with van der Waals surface area (Å²) in [6.45, 7) is 4.78. The number of likely N-dealkylation sites (N-methyl/N-ethyl adjacent to an activating group) is 1. The van der Waals surface area contributed by atoms with E-state index in [0.29, 0.717) is 24.5 Å². The van der Waals surface area contributed by atoms with Crippen LogP contribution < -0.4 is 20.7 Å². The predicted molar refractivity (Wildman–Crippen MR) is 138 cm³/mol. The molecule has 0 aliphatic carbocycles. The molecule has 1 aliphatic rings. The van der Waals surface area contributed by atoms with Crippen LogP contribution in [0.15, 0.2) is 54.6 Å². The van der Waals surface area contributed by atoms with Crippen molar-refractivity contribution >= 4 is 34.3 Å². The highest BCUT2D eigenvalue weighted by atomic mass is 16.5. The number of nitrogens with zero attached hydrogens (tertiary/aromatic N) is 3. The van der Waals surface area contributed by atoms with E-state index in [9.17, 15) is 9.59 Å². The summed E-state index contributed by atoms with van der Waals surface area (Å²) in [6.07, 6.45) is 0.885. The van der Waals surface area contributed by atoms with E-state index in [0.717, 1.165) is 41.8 Å². The number of anilines is 2. The molecule has 0 radical (unpaired) electrons. The number of urea groups is 2. The van der Waals surface area contributed by atoms with Crippen molar-refractivity contribution in [1.82, 2.24) is 20.1 Å². The van der Waals surface area contributed by atoms with Gasteiger partial charge < -0.3 is 25.6 Å². The molecule has 2 heterocycles. The van der Waals surface area contributed by atoms with E-state index >= 15 is 0 Å². The van der Waals surface area contributed by atoms with Crippen LogP contribution in [0.1, 0.15) is 12.1 Å². The Bertz CT molecular complexity index is 1200. The van der Waals surface area contributed by atoms with E-state index in [1.54, 1.807) is 18.1 Å². The summed E-state index contributed by atoms with van der Waals surface area (Å²) < 4.78 is 5.21. The van der Waals surface area contributed by atoms with Crippen molar-refractivity contribution in [3.8, 4) is 5.75 Å². The first-order valence-corrected chi connectivity index (χ1v) is 11.7. The molecule has 184 valence electrons. The minimum absolute atomic E-state index is 0.112. The van der Waals surface area contributed by atoms with Gasteiger partial charge in [-0.1, -0.05) is 24.3 Å². The zero-order valence-corrected chi connectivity index (χ0v) is 20.4. The normalized spacial score (nSPS) is 15.6. The Balaban J connectivity index is 1.22. The van der Waals surface area contributed by atoms with E-state index in [2.05, 4.69) is 25.8 Å². The second-order valence-electron chi connectivity index (χ2n) is 8.73. The molecule has 1 unspecified atom stereocenters. The monoisotopic (exact) mass is 476 g/mol. The van der Waals surface area contributed by atoms with Gasteiger partial charge >= 0.3 is 12.1 Å². The fourth-order valence-electron chi connectivity index (χ4n) is 4.31. The Morgan fingerprint density at radius 3 is 2.80 bits per heavy atom. The van der Waals surface area contributed by atoms with Crippen molar-refractivity contribution in [2.45, 2.75) is 19.4 Å². The maximum Gasteiger partial charge on any atom is 0.321 e. The molecule has 0 bridgehead atoms. The highest BCUT2D eigenvalue weighted by molar-refractivity contribution is 6.00. The number of pyridine rings is 1. The average molecular weight is 477 g/mol. The first-order valence-electron chi connectivity index (χ1n) is 11.7. The molecule has 1 fully saturated rings. The number of hydrogen-bond donors (Lipinski definition) is 3. The zero-order valence-electron chi connectivity index (χ0n) is 20.4. The molecule has 0 spiro atoms. The molecular weight excluding hydrogens is 444 g/mol. The lowest BCUT2D eigenvalue weighted by Crippen LogP contribution is -2.42. The second-order valence-corrected chi connectivity index (χ2v) is 8.73. The number of rotatable bonds is 7. The third-order valence-electron chi connectivity index (χ3n) is 6.24. The smallest absolute Gasteiger partial charge is 0.321 e. The molecular formula is C26H32N6O3. The summed E-state index contributed by atoms with van der Waals surface area (Å²) in [4.78, 5) is 33.7. The van der Waals surface area contributed by atoms with Gasteiger partial charge in [-0.3, -0.25) is 9.88 Å². The third kappa shape index (κ3) is 6.19. The number of likely N-dealkylation sites (tertiary alicyclic amines) is 1. The predicted octanol–water partition coefficient (Wildman–Crippen LogP) is 3.91. The molecule has 3 aromatic rings. The van der Waals surface area contributed by atoms with Gasteiger partial charge in [-0.25, -0.2) is 9.59 Å². The zero-order chi connectivity index (χ0) is 24.8. The highest BCUT2D eigenvalue weighted by Crippen LogP contribution is 2.23. The topological polar surface area (TPSA) is 98.8 Å². The van der Waals surface area contributed by atoms with Gasteiger partial charge in [0.15, 0.2) is 0 Å². The third-order valence-corrected chi connectivity index (χ3v) is 6.24. The Morgan fingerprint density at radius 1 is 1.14 bits per heavy atom. The van der Waals surface area contributed by atoms with Gasteiger partial charge in [0, 0.05) is 62.1 Å². The first kappa shape index (κ1) is 24.3. The molecule has 1 saturated heterocycles. The molecule has 1 atom stereocenters. The number of nitrogens with one attached hydrogen (secondary N) is 3. The van der Waals surface area contributed by atoms with E-state index in [1.165, 1.54) is 0 Å². The molecule has 2 aromatic carbocycles. The van der Waals surface area contributed by atoms with Crippen molar-refractivity contribution in [3.63, 3.8) is 0 Å². The summed E-state index contributed by atoms with van der Waals surface area (Å²) in [5, 5.41) is 9.71. The molecule has 3 N–H and O–H groups in total. The van der Waals surface area contributed by atoms with Crippen LogP contribution in [0.5, 0.6) is 5.75 Å². The number of carbonyl (C=O) groups excluding carboxylic acids is 2. The van der Waals surface area contributed by atoms with E-state index in [-0.39, 0.29) is 18.1 Å². The van der Waals surface area contributed by atoms with Crippen molar-refractivity contribution in [1.29, 1.82) is 0 Å². The number of hydrogen-bond acceptors (Lipinski definition) is 5. The van der Waals surface area contributed by atoms with Crippen LogP contribution in [0.2, 0.25) is 0 Å². The van der Waals surface area contributed by atoms with E-state index < -0.39 is 0 Å². The minimum atomic E-state index is -0.244. The average Bonchev–Trinajstić information content (AvgIpc) is 3.32. The fraction of sp³-hybridized carbons (Fsp3) is 0.346. The van der Waals surface area contributed by atoms with Crippen molar-refractivity contribution in [2.24, 2.45) is 0 Å². The Morgan fingerprint density at radius 2 is 1.97 bits per heavy atom. The summed E-state index contributed by atoms with van der Waals surface area (Å²) in [6, 6.07) is 16.6. The molecule has 35 heavy (non-hydrogen) atoms. The lowest BCUT2D eigenvalue weighted by Gasteiger charge is -2.25. The summed E-state index contributed by atoms with van der Waals surface area (Å²) >= 11 is 0. The van der Waals surface area contributed by atoms with Crippen LogP contribution in [0.3, 0.4) is 0 Å². The number of aryl methyl sites for hydroxylation is 1. The first-order chi connectivity index (χ1) is 16.9. The maximum absolute atomic E-state index is 12.7. The number of fused-ring (bicyclic) bond motifs is 1. The van der Waals surface area contributed by atoms with Crippen LogP contribution in [-0.2, 0) is 0 Å². The maximum atomic E-state index is 12.7. The number of carbonyl (C=O) groups is 2. The van der Waals surface area contributed by atoms with Crippen LogP contribution >= 0.6 is 0 Å². The van der Waals surface area contributed by atoms with Gasteiger partial charge in [0.05, 0.1) is 18.3 Å². The minimum Gasteiger partial charge on any atom is -0.497 e. The van der Waals surface area contributed by atoms with Crippen LogP contribution in [0.4, 0.5) is 21.0 Å². The SMILES string of the molecule is COc1cccc(NC(=O)N(C)C2CCN(CCNC(=O)Nc3cc(C)nc4ccccc34)C2)c1. The van der Waals surface area contributed by atoms with Crippen molar-refractivity contribution in [2.75, 3.05) is 51.0 Å². The van der Waals surface area contributed by atoms with E-state index in [4.69, 9.17) is 4.74 Å². The summed E-state index contributed by atoms with van der Waals surface area (Å²) in [5.41, 5.74) is 3.14. The number of amides is 4. The van der Waals surface area contributed by atoms with Crippen molar-refractivity contribution < 1.29 is 14.3 Å². The quantitative estimate of drug-likeness (QED) is 0.480. The summed E-state index contributed by atoms with van der Waals surface area (Å²) in [5.74, 6) is 0.696. The Labute approximate surface area is 205 Å². The van der Waals surface area contributed by atoms with Crippen molar-refractivity contribution in [3.05, 3.63) is 60.3 Å². The standard InChI is InChI=1S/C26H32N6O3/c1-18-15-24(22-9-4-5-10-23(22)28-18)30-25(33)27-12-14-32-13-11-20(17-32)31(2)26(34)29-19-7-6-8-21(16-19)35-3/h4-10,15-16,20H,11-14,17H2,1-3H3,(H,29,34)(H2,27,28,30,33). The Hall–Kier alpha value is -3.85. The van der Waals surface area contributed by atoms with E-state index in [1.807, 2.05) is 62.5 Å². The highest BCUT2D eigenvalue weighted by Gasteiger charge is 2.28. The largest absolute Gasteiger partial charge is 0.497 e. The van der Waals surface area contributed by atoms with Gasteiger partial charge in [0.2, 0.25) is 0 Å². The number of benzene rings is 2. The van der Waals surface area contributed by atoms with Crippen LogP contribution in [0.25, 0.3) is 10.9 Å². The van der Waals surface area contributed by atoms with Gasteiger partial charge in [0.1, 0.15) is 5.75 Å². The Kier molecular flexibility index (Phi) is 7.67. The summed E-state index contributed by atoms with van der Waals surface area (Å²) in [7, 11) is 3.41. The van der Waals surface area contributed by atoms with Crippen LogP contribution in [0, 0.1) is 6.92 Å².